The Kier molecular flexibility index (Phi) is 6.77. The van der Waals surface area contributed by atoms with Crippen molar-refractivity contribution in [2.75, 3.05) is 16.9 Å². The van der Waals surface area contributed by atoms with Gasteiger partial charge in [0.2, 0.25) is 11.1 Å². The van der Waals surface area contributed by atoms with Gasteiger partial charge in [0.25, 0.3) is 0 Å². The second-order valence-corrected chi connectivity index (χ2v) is 7.66. The monoisotopic (exact) mass is 411 g/mol. The van der Waals surface area contributed by atoms with E-state index in [2.05, 4.69) is 22.4 Å². The van der Waals surface area contributed by atoms with Crippen molar-refractivity contribution in [2.45, 2.75) is 38.5 Å². The first-order valence-corrected chi connectivity index (χ1v) is 10.4. The molecule has 3 aromatic rings. The highest BCUT2D eigenvalue weighted by Crippen LogP contribution is 2.25. The summed E-state index contributed by atoms with van der Waals surface area (Å²) < 4.78 is 7.12. The fourth-order valence-corrected chi connectivity index (χ4v) is 3.48. The number of rotatable bonds is 8. The number of anilines is 1. The Hall–Kier alpha value is -3.00. The molecule has 2 aromatic carbocycles. The minimum absolute atomic E-state index is 0.0727. The van der Waals surface area contributed by atoms with E-state index in [1.807, 2.05) is 62.4 Å². The number of carbonyl (C=O) groups excluding carboxylic acids is 1. The molecule has 0 spiro atoms. The molecular formula is C21H25N5O2S. The summed E-state index contributed by atoms with van der Waals surface area (Å²) in [6.45, 7) is 5.99. The molecular weight excluding hydrogens is 386 g/mol. The molecule has 0 saturated heterocycles. The highest BCUT2D eigenvalue weighted by Gasteiger charge is 2.15. The maximum Gasteiger partial charge on any atom is 0.234 e. The van der Waals surface area contributed by atoms with Crippen LogP contribution in [0.15, 0.2) is 53.7 Å². The predicted molar refractivity (Wildman–Crippen MR) is 117 cm³/mol. The number of hydrogen-bond donors (Lipinski definition) is 2. The van der Waals surface area contributed by atoms with Crippen LogP contribution in [0.25, 0.3) is 11.4 Å². The molecule has 1 aromatic heterocycles. The zero-order valence-electron chi connectivity index (χ0n) is 16.8. The molecule has 8 heteroatoms. The Labute approximate surface area is 174 Å². The molecule has 3 rings (SSSR count). The normalized spacial score (nSPS) is 10.9. The van der Waals surface area contributed by atoms with Crippen LogP contribution in [0.5, 0.6) is 5.75 Å². The summed E-state index contributed by atoms with van der Waals surface area (Å²) in [4.78, 5) is 12.3. The molecule has 0 bridgehead atoms. The second-order valence-electron chi connectivity index (χ2n) is 6.72. The van der Waals surface area contributed by atoms with Crippen LogP contribution in [-0.4, -0.2) is 32.6 Å². The lowest BCUT2D eigenvalue weighted by Gasteiger charge is -2.11. The predicted octanol–water partition coefficient (Wildman–Crippen LogP) is 3.74. The molecule has 1 amide bonds. The number of hydrogen-bond acceptors (Lipinski definition) is 6. The molecule has 0 fully saturated rings. The van der Waals surface area contributed by atoms with E-state index in [4.69, 9.17) is 10.6 Å². The summed E-state index contributed by atoms with van der Waals surface area (Å²) in [5.74, 6) is 7.49. The molecule has 0 radical (unpaired) electrons. The number of carbonyl (C=O) groups is 1. The summed E-state index contributed by atoms with van der Waals surface area (Å²) >= 11 is 1.24. The molecule has 1 heterocycles. The third-order valence-corrected chi connectivity index (χ3v) is 5.08. The number of benzene rings is 2. The fraction of sp³-hybridized carbons (Fsp3) is 0.286. The number of amides is 1. The van der Waals surface area contributed by atoms with E-state index in [-0.39, 0.29) is 17.8 Å². The molecule has 0 atom stereocenters. The number of thioether (sulfide) groups is 1. The summed E-state index contributed by atoms with van der Waals surface area (Å²) in [6.07, 6.45) is 0.924. The lowest BCUT2D eigenvalue weighted by atomic mass is 10.1. The molecule has 0 aliphatic carbocycles. The standard InChI is InChI=1S/C21H25N5O2S/c1-4-15-8-5-6-11-18(15)23-19(27)13-29-21-25-24-20(26(21)22)16-9-7-10-17(12-16)28-14(2)3/h5-12,14H,4,13,22H2,1-3H3,(H,23,27). The largest absolute Gasteiger partial charge is 0.491 e. The van der Waals surface area contributed by atoms with Crippen molar-refractivity contribution in [3.05, 3.63) is 54.1 Å². The molecule has 3 N–H and O–H groups in total. The summed E-state index contributed by atoms with van der Waals surface area (Å²) in [5.41, 5.74) is 2.72. The van der Waals surface area contributed by atoms with Crippen LogP contribution in [0, 0.1) is 0 Å². The first-order chi connectivity index (χ1) is 14.0. The Bertz CT molecular complexity index is 987. The number of ether oxygens (including phenoxy) is 1. The van der Waals surface area contributed by atoms with E-state index in [1.54, 1.807) is 0 Å². The topological polar surface area (TPSA) is 95.1 Å². The van der Waals surface area contributed by atoms with Crippen molar-refractivity contribution in [2.24, 2.45) is 0 Å². The number of para-hydroxylation sites is 1. The van der Waals surface area contributed by atoms with Crippen molar-refractivity contribution in [3.8, 4) is 17.1 Å². The zero-order valence-corrected chi connectivity index (χ0v) is 17.6. The van der Waals surface area contributed by atoms with Gasteiger partial charge in [-0.25, -0.2) is 4.68 Å². The van der Waals surface area contributed by atoms with Gasteiger partial charge in [-0.15, -0.1) is 10.2 Å². The Morgan fingerprint density at radius 1 is 1.21 bits per heavy atom. The van der Waals surface area contributed by atoms with Crippen LogP contribution < -0.4 is 15.9 Å². The lowest BCUT2D eigenvalue weighted by molar-refractivity contribution is -0.113. The minimum Gasteiger partial charge on any atom is -0.491 e. The van der Waals surface area contributed by atoms with E-state index in [0.29, 0.717) is 11.0 Å². The van der Waals surface area contributed by atoms with Gasteiger partial charge in [0, 0.05) is 11.3 Å². The Morgan fingerprint density at radius 2 is 2.00 bits per heavy atom. The van der Waals surface area contributed by atoms with Crippen molar-refractivity contribution in [1.82, 2.24) is 14.9 Å². The van der Waals surface area contributed by atoms with E-state index in [0.717, 1.165) is 29.0 Å². The van der Waals surface area contributed by atoms with Gasteiger partial charge in [0.05, 0.1) is 11.9 Å². The third-order valence-electron chi connectivity index (χ3n) is 4.13. The summed E-state index contributed by atoms with van der Waals surface area (Å²) in [7, 11) is 0. The van der Waals surface area contributed by atoms with E-state index < -0.39 is 0 Å². The van der Waals surface area contributed by atoms with Crippen LogP contribution in [-0.2, 0) is 11.2 Å². The third kappa shape index (κ3) is 5.29. The molecule has 152 valence electrons. The van der Waals surface area contributed by atoms with Gasteiger partial charge in [-0.1, -0.05) is 49.0 Å². The number of aromatic nitrogens is 3. The lowest BCUT2D eigenvalue weighted by Crippen LogP contribution is -2.17. The number of nitrogens with two attached hydrogens (primary N) is 1. The van der Waals surface area contributed by atoms with Crippen molar-refractivity contribution < 1.29 is 9.53 Å². The van der Waals surface area contributed by atoms with Crippen LogP contribution in [0.2, 0.25) is 0 Å². The Morgan fingerprint density at radius 3 is 2.76 bits per heavy atom. The fourth-order valence-electron chi connectivity index (χ4n) is 2.82. The Balaban J connectivity index is 1.66. The van der Waals surface area contributed by atoms with E-state index in [9.17, 15) is 4.79 Å². The van der Waals surface area contributed by atoms with Crippen molar-refractivity contribution in [3.63, 3.8) is 0 Å². The number of nitrogens with zero attached hydrogens (tertiary/aromatic N) is 3. The van der Waals surface area contributed by atoms with Gasteiger partial charge in [-0.2, -0.15) is 0 Å². The molecule has 0 saturated carbocycles. The smallest absolute Gasteiger partial charge is 0.234 e. The SMILES string of the molecule is CCc1ccccc1NC(=O)CSc1nnc(-c2cccc(OC(C)C)c2)n1N. The van der Waals surface area contributed by atoms with E-state index >= 15 is 0 Å². The van der Waals surface area contributed by atoms with Crippen LogP contribution >= 0.6 is 11.8 Å². The summed E-state index contributed by atoms with van der Waals surface area (Å²) in [6, 6.07) is 15.3. The average Bonchev–Trinajstić information content (AvgIpc) is 3.07. The van der Waals surface area contributed by atoms with Gasteiger partial charge >= 0.3 is 0 Å². The number of nitrogen functional groups attached to an aromatic ring is 1. The molecule has 0 aliphatic heterocycles. The highest BCUT2D eigenvalue weighted by atomic mass is 32.2. The molecule has 7 nitrogen and oxygen atoms in total. The number of nitrogens with one attached hydrogen (secondary N) is 1. The van der Waals surface area contributed by atoms with Gasteiger partial charge in [0.1, 0.15) is 5.75 Å². The van der Waals surface area contributed by atoms with Crippen LogP contribution in [0.3, 0.4) is 0 Å². The maximum absolute atomic E-state index is 12.3. The van der Waals surface area contributed by atoms with Crippen molar-refractivity contribution >= 4 is 23.4 Å². The quantitative estimate of drug-likeness (QED) is 0.433. The number of aryl methyl sites for hydroxylation is 1. The maximum atomic E-state index is 12.3. The molecule has 0 aliphatic rings. The molecule has 0 unspecified atom stereocenters. The van der Waals surface area contributed by atoms with Crippen LogP contribution in [0.4, 0.5) is 5.69 Å². The van der Waals surface area contributed by atoms with Crippen molar-refractivity contribution in [1.29, 1.82) is 0 Å². The zero-order chi connectivity index (χ0) is 20.8. The second kappa shape index (κ2) is 9.47. The van der Waals surface area contributed by atoms with Gasteiger partial charge in [-0.3, -0.25) is 4.79 Å². The van der Waals surface area contributed by atoms with Crippen LogP contribution in [0.1, 0.15) is 26.3 Å². The van der Waals surface area contributed by atoms with Gasteiger partial charge < -0.3 is 15.9 Å². The first-order valence-electron chi connectivity index (χ1n) is 9.46. The average molecular weight is 412 g/mol. The highest BCUT2D eigenvalue weighted by molar-refractivity contribution is 7.99. The minimum atomic E-state index is -0.118. The van der Waals surface area contributed by atoms with Gasteiger partial charge in [0.15, 0.2) is 5.82 Å². The summed E-state index contributed by atoms with van der Waals surface area (Å²) in [5, 5.41) is 11.7. The molecule has 29 heavy (non-hydrogen) atoms. The van der Waals surface area contributed by atoms with Gasteiger partial charge in [-0.05, 0) is 44.0 Å². The first kappa shape index (κ1) is 20.7. The van der Waals surface area contributed by atoms with E-state index in [1.165, 1.54) is 16.4 Å².